The first-order chi connectivity index (χ1) is 12.6. The minimum Gasteiger partial charge on any atom is -0.454 e. The van der Waals surface area contributed by atoms with E-state index in [1.54, 1.807) is 4.90 Å². The van der Waals surface area contributed by atoms with Crippen LogP contribution in [-0.2, 0) is 16.1 Å². The van der Waals surface area contributed by atoms with Crippen molar-refractivity contribution in [1.82, 2.24) is 5.32 Å². The Bertz CT molecular complexity index is 847. The molecule has 0 unspecified atom stereocenters. The highest BCUT2D eigenvalue weighted by atomic mass is 16.7. The summed E-state index contributed by atoms with van der Waals surface area (Å²) in [6, 6.07) is 13.4. The number of nitrogens with zero attached hydrogens (tertiary/aromatic N) is 1. The van der Waals surface area contributed by atoms with Crippen LogP contribution in [0.3, 0.4) is 0 Å². The molecule has 0 aliphatic carbocycles. The van der Waals surface area contributed by atoms with Gasteiger partial charge in [-0.25, -0.2) is 0 Å². The number of rotatable bonds is 4. The average molecular weight is 352 g/mol. The van der Waals surface area contributed by atoms with Gasteiger partial charge in [0.25, 0.3) is 0 Å². The van der Waals surface area contributed by atoms with E-state index >= 15 is 0 Å². The number of benzene rings is 2. The van der Waals surface area contributed by atoms with Crippen LogP contribution < -0.4 is 19.7 Å². The number of nitrogens with one attached hydrogen (secondary N) is 1. The van der Waals surface area contributed by atoms with Crippen LogP contribution in [0.5, 0.6) is 11.5 Å². The van der Waals surface area contributed by atoms with Crippen molar-refractivity contribution in [3.05, 3.63) is 53.6 Å². The van der Waals surface area contributed by atoms with Gasteiger partial charge in [-0.3, -0.25) is 9.59 Å². The van der Waals surface area contributed by atoms with Gasteiger partial charge in [0, 0.05) is 25.2 Å². The quantitative estimate of drug-likeness (QED) is 0.917. The van der Waals surface area contributed by atoms with Crippen molar-refractivity contribution in [2.45, 2.75) is 19.9 Å². The molecule has 1 N–H and O–H groups in total. The van der Waals surface area contributed by atoms with Gasteiger partial charge in [-0.1, -0.05) is 23.8 Å². The summed E-state index contributed by atoms with van der Waals surface area (Å²) in [6.07, 6.45) is 0.237. The summed E-state index contributed by atoms with van der Waals surface area (Å²) in [5.74, 6) is 0.953. The Labute approximate surface area is 151 Å². The minimum atomic E-state index is -0.335. The fourth-order valence-electron chi connectivity index (χ4n) is 3.24. The zero-order valence-electron chi connectivity index (χ0n) is 14.5. The molecule has 1 saturated heterocycles. The van der Waals surface area contributed by atoms with Crippen LogP contribution in [0.15, 0.2) is 42.5 Å². The minimum absolute atomic E-state index is 0.0166. The molecule has 2 heterocycles. The van der Waals surface area contributed by atoms with Crippen molar-refractivity contribution >= 4 is 17.5 Å². The molecular weight excluding hydrogens is 332 g/mol. The van der Waals surface area contributed by atoms with E-state index in [0.29, 0.717) is 18.8 Å². The van der Waals surface area contributed by atoms with Crippen LogP contribution in [0, 0.1) is 12.8 Å². The molecule has 1 fully saturated rings. The monoisotopic (exact) mass is 352 g/mol. The Morgan fingerprint density at radius 3 is 2.73 bits per heavy atom. The maximum atomic E-state index is 12.5. The Kier molecular flexibility index (Phi) is 4.24. The SMILES string of the molecule is Cc1ccc(N2C[C@@H](C(=O)NCc3ccc4c(c3)OCO4)CC2=O)cc1. The standard InChI is InChI=1S/C20H20N2O4/c1-13-2-5-16(6-3-13)22-11-15(9-19(22)23)20(24)21-10-14-4-7-17-18(8-14)26-12-25-17/h2-8,15H,9-12H2,1H3,(H,21,24)/t15-/m0/s1. The van der Waals surface area contributed by atoms with E-state index in [9.17, 15) is 9.59 Å². The van der Waals surface area contributed by atoms with E-state index in [1.165, 1.54) is 0 Å². The van der Waals surface area contributed by atoms with Gasteiger partial charge in [0.05, 0.1) is 5.92 Å². The summed E-state index contributed by atoms with van der Waals surface area (Å²) >= 11 is 0. The van der Waals surface area contributed by atoms with Crippen LogP contribution in [-0.4, -0.2) is 25.2 Å². The van der Waals surface area contributed by atoms with E-state index in [2.05, 4.69) is 5.32 Å². The summed E-state index contributed by atoms with van der Waals surface area (Å²) in [5, 5.41) is 2.92. The number of aryl methyl sites for hydroxylation is 1. The predicted molar refractivity (Wildman–Crippen MR) is 96.1 cm³/mol. The zero-order valence-corrected chi connectivity index (χ0v) is 14.5. The zero-order chi connectivity index (χ0) is 18.1. The smallest absolute Gasteiger partial charge is 0.231 e. The molecule has 0 radical (unpaired) electrons. The van der Waals surface area contributed by atoms with E-state index in [-0.39, 0.29) is 30.9 Å². The summed E-state index contributed by atoms with van der Waals surface area (Å²) in [6.45, 7) is 3.03. The number of carbonyl (C=O) groups is 2. The molecular formula is C20H20N2O4. The Hall–Kier alpha value is -3.02. The first-order valence-corrected chi connectivity index (χ1v) is 8.63. The molecule has 2 amide bonds. The highest BCUT2D eigenvalue weighted by Crippen LogP contribution is 2.32. The molecule has 134 valence electrons. The summed E-state index contributed by atoms with van der Waals surface area (Å²) < 4.78 is 10.6. The van der Waals surface area contributed by atoms with Crippen molar-refractivity contribution < 1.29 is 19.1 Å². The molecule has 0 saturated carbocycles. The van der Waals surface area contributed by atoms with Gasteiger partial charge in [-0.15, -0.1) is 0 Å². The maximum Gasteiger partial charge on any atom is 0.231 e. The van der Waals surface area contributed by atoms with Gasteiger partial charge in [-0.05, 0) is 36.8 Å². The fourth-order valence-corrected chi connectivity index (χ4v) is 3.24. The lowest BCUT2D eigenvalue weighted by Gasteiger charge is -2.17. The summed E-state index contributed by atoms with van der Waals surface area (Å²) in [5.41, 5.74) is 2.91. The van der Waals surface area contributed by atoms with Gasteiger partial charge in [-0.2, -0.15) is 0 Å². The molecule has 2 aliphatic heterocycles. The average Bonchev–Trinajstić information content (AvgIpc) is 3.26. The van der Waals surface area contributed by atoms with Gasteiger partial charge in [0.2, 0.25) is 18.6 Å². The third-order valence-electron chi connectivity index (χ3n) is 4.75. The molecule has 6 nitrogen and oxygen atoms in total. The maximum absolute atomic E-state index is 12.5. The second-order valence-corrected chi connectivity index (χ2v) is 6.65. The highest BCUT2D eigenvalue weighted by Gasteiger charge is 2.35. The lowest BCUT2D eigenvalue weighted by Crippen LogP contribution is -2.32. The van der Waals surface area contributed by atoms with Crippen LogP contribution in [0.4, 0.5) is 5.69 Å². The van der Waals surface area contributed by atoms with Gasteiger partial charge >= 0.3 is 0 Å². The normalized spacial score (nSPS) is 18.3. The van der Waals surface area contributed by atoms with Crippen LogP contribution in [0.25, 0.3) is 0 Å². The van der Waals surface area contributed by atoms with Crippen molar-refractivity contribution in [2.24, 2.45) is 5.92 Å². The lowest BCUT2D eigenvalue weighted by atomic mass is 10.1. The third kappa shape index (κ3) is 3.22. The highest BCUT2D eigenvalue weighted by molar-refractivity contribution is 6.00. The largest absolute Gasteiger partial charge is 0.454 e. The first kappa shape index (κ1) is 16.4. The fraction of sp³-hybridized carbons (Fsp3) is 0.300. The molecule has 2 aliphatic rings. The molecule has 0 spiro atoms. The first-order valence-electron chi connectivity index (χ1n) is 8.63. The third-order valence-corrected chi connectivity index (χ3v) is 4.75. The molecule has 0 aromatic heterocycles. The van der Waals surface area contributed by atoms with E-state index in [1.807, 2.05) is 49.4 Å². The number of anilines is 1. The second kappa shape index (κ2) is 6.71. The number of ether oxygens (including phenoxy) is 2. The number of carbonyl (C=O) groups excluding carboxylic acids is 2. The molecule has 6 heteroatoms. The Morgan fingerprint density at radius 2 is 1.92 bits per heavy atom. The number of fused-ring (bicyclic) bond motifs is 1. The van der Waals surface area contributed by atoms with Crippen molar-refractivity contribution in [3.63, 3.8) is 0 Å². The molecule has 1 atom stereocenters. The van der Waals surface area contributed by atoms with E-state index in [4.69, 9.17) is 9.47 Å². The van der Waals surface area contributed by atoms with Gasteiger partial charge in [0.1, 0.15) is 0 Å². The van der Waals surface area contributed by atoms with Crippen molar-refractivity contribution in [3.8, 4) is 11.5 Å². The van der Waals surface area contributed by atoms with Crippen LogP contribution in [0.2, 0.25) is 0 Å². The lowest BCUT2D eigenvalue weighted by molar-refractivity contribution is -0.126. The van der Waals surface area contributed by atoms with Crippen LogP contribution in [0.1, 0.15) is 17.5 Å². The molecule has 0 bridgehead atoms. The molecule has 2 aromatic carbocycles. The topological polar surface area (TPSA) is 67.9 Å². The number of amides is 2. The number of hydrogen-bond donors (Lipinski definition) is 1. The molecule has 26 heavy (non-hydrogen) atoms. The number of hydrogen-bond acceptors (Lipinski definition) is 4. The van der Waals surface area contributed by atoms with Crippen molar-refractivity contribution in [2.75, 3.05) is 18.2 Å². The van der Waals surface area contributed by atoms with E-state index < -0.39 is 0 Å². The summed E-state index contributed by atoms with van der Waals surface area (Å²) in [4.78, 5) is 26.5. The summed E-state index contributed by atoms with van der Waals surface area (Å²) in [7, 11) is 0. The van der Waals surface area contributed by atoms with Gasteiger partial charge in [0.15, 0.2) is 11.5 Å². The molecule has 2 aromatic rings. The Morgan fingerprint density at radius 1 is 1.15 bits per heavy atom. The second-order valence-electron chi connectivity index (χ2n) is 6.65. The van der Waals surface area contributed by atoms with Crippen molar-refractivity contribution in [1.29, 1.82) is 0 Å². The molecule has 4 rings (SSSR count). The van der Waals surface area contributed by atoms with E-state index in [0.717, 1.165) is 22.6 Å². The Balaban J connectivity index is 1.36. The van der Waals surface area contributed by atoms with Crippen LogP contribution >= 0.6 is 0 Å². The van der Waals surface area contributed by atoms with Gasteiger partial charge < -0.3 is 19.7 Å². The predicted octanol–water partition coefficient (Wildman–Crippen LogP) is 2.39.